The molecule has 5 nitrogen and oxygen atoms in total. The van der Waals surface area contributed by atoms with Gasteiger partial charge in [0, 0.05) is 28.7 Å². The minimum absolute atomic E-state index is 0.101. The Kier molecular flexibility index (Phi) is 5.20. The van der Waals surface area contributed by atoms with Gasteiger partial charge in [0.1, 0.15) is 0 Å². The standard InChI is InChI=1S/C17H20N4OS2/c1-4-10(2)19-16-20-21-17(24-16)23-11(3)15(22)13-9-18-14-8-6-5-7-12(13)14/h5-11,18H,4H2,1-3H3,(H,19,20)/t10-,11+/m0/s1. The third-order valence-electron chi connectivity index (χ3n) is 3.89. The lowest BCUT2D eigenvalue weighted by molar-refractivity contribution is 0.0995. The Morgan fingerprint density at radius 1 is 1.33 bits per heavy atom. The fourth-order valence-electron chi connectivity index (χ4n) is 2.33. The summed E-state index contributed by atoms with van der Waals surface area (Å²) in [7, 11) is 0. The van der Waals surface area contributed by atoms with Crippen molar-refractivity contribution >= 4 is 44.9 Å². The molecule has 24 heavy (non-hydrogen) atoms. The summed E-state index contributed by atoms with van der Waals surface area (Å²) in [5.74, 6) is 0.101. The number of benzene rings is 1. The third-order valence-corrected chi connectivity index (χ3v) is 5.93. The van der Waals surface area contributed by atoms with Crippen LogP contribution >= 0.6 is 23.1 Å². The largest absolute Gasteiger partial charge is 0.360 e. The van der Waals surface area contributed by atoms with Gasteiger partial charge in [-0.25, -0.2) is 0 Å². The number of carbonyl (C=O) groups is 1. The zero-order valence-corrected chi connectivity index (χ0v) is 15.5. The molecule has 3 aromatic rings. The van der Waals surface area contributed by atoms with E-state index in [2.05, 4.69) is 34.3 Å². The second kappa shape index (κ2) is 7.36. The Morgan fingerprint density at radius 2 is 2.12 bits per heavy atom. The SMILES string of the molecule is CC[C@H](C)Nc1nnc(S[C@H](C)C(=O)c2c[nH]c3ccccc23)s1. The zero-order chi connectivity index (χ0) is 17.1. The first-order chi connectivity index (χ1) is 11.6. The van der Waals surface area contributed by atoms with E-state index in [1.807, 2.05) is 31.2 Å². The summed E-state index contributed by atoms with van der Waals surface area (Å²) in [4.78, 5) is 15.9. The molecule has 1 aromatic carbocycles. The Hall–Kier alpha value is -1.86. The molecule has 0 amide bonds. The molecule has 0 radical (unpaired) electrons. The van der Waals surface area contributed by atoms with Gasteiger partial charge in [-0.3, -0.25) is 4.79 Å². The molecule has 2 heterocycles. The second-order valence-corrected chi connectivity index (χ2v) is 8.26. The van der Waals surface area contributed by atoms with Gasteiger partial charge in [-0.2, -0.15) is 0 Å². The van der Waals surface area contributed by atoms with Crippen molar-refractivity contribution in [2.75, 3.05) is 5.32 Å². The highest BCUT2D eigenvalue weighted by molar-refractivity contribution is 8.02. The van der Waals surface area contributed by atoms with E-state index >= 15 is 0 Å². The van der Waals surface area contributed by atoms with E-state index in [1.165, 1.54) is 23.1 Å². The average molecular weight is 361 g/mol. The lowest BCUT2D eigenvalue weighted by Crippen LogP contribution is -2.13. The van der Waals surface area contributed by atoms with Crippen LogP contribution in [0.5, 0.6) is 0 Å². The van der Waals surface area contributed by atoms with Crippen LogP contribution in [0.1, 0.15) is 37.6 Å². The number of aromatic amines is 1. The van der Waals surface area contributed by atoms with E-state index in [0.717, 1.165) is 32.4 Å². The number of hydrogen-bond donors (Lipinski definition) is 2. The molecule has 0 unspecified atom stereocenters. The van der Waals surface area contributed by atoms with Gasteiger partial charge in [-0.1, -0.05) is 48.2 Å². The number of para-hydroxylation sites is 1. The van der Waals surface area contributed by atoms with Gasteiger partial charge in [-0.15, -0.1) is 10.2 Å². The number of aromatic nitrogens is 3. The zero-order valence-electron chi connectivity index (χ0n) is 13.9. The van der Waals surface area contributed by atoms with Crippen LogP contribution in [0.25, 0.3) is 10.9 Å². The van der Waals surface area contributed by atoms with E-state index in [4.69, 9.17) is 0 Å². The van der Waals surface area contributed by atoms with Crippen LogP contribution in [-0.4, -0.2) is 32.3 Å². The molecule has 0 saturated carbocycles. The number of ketones is 1. The van der Waals surface area contributed by atoms with Crippen molar-refractivity contribution in [2.45, 2.75) is 42.8 Å². The molecule has 2 aromatic heterocycles. The van der Waals surface area contributed by atoms with Gasteiger partial charge in [0.15, 0.2) is 10.1 Å². The summed E-state index contributed by atoms with van der Waals surface area (Å²) in [5.41, 5.74) is 1.71. The first kappa shape index (κ1) is 17.0. The molecule has 0 fully saturated rings. The molecule has 126 valence electrons. The van der Waals surface area contributed by atoms with Crippen LogP contribution in [0.4, 0.5) is 5.13 Å². The lowest BCUT2D eigenvalue weighted by Gasteiger charge is -2.08. The highest BCUT2D eigenvalue weighted by Gasteiger charge is 2.21. The second-order valence-electron chi connectivity index (χ2n) is 5.70. The predicted octanol–water partition coefficient (Wildman–Crippen LogP) is 4.59. The summed E-state index contributed by atoms with van der Waals surface area (Å²) >= 11 is 2.95. The molecular weight excluding hydrogens is 340 g/mol. The van der Waals surface area contributed by atoms with Crippen molar-refractivity contribution in [1.29, 1.82) is 0 Å². The summed E-state index contributed by atoms with van der Waals surface area (Å²) < 4.78 is 0.807. The highest BCUT2D eigenvalue weighted by Crippen LogP contribution is 2.31. The van der Waals surface area contributed by atoms with Crippen molar-refractivity contribution in [2.24, 2.45) is 0 Å². The number of H-pyrrole nitrogens is 1. The van der Waals surface area contributed by atoms with Gasteiger partial charge in [0.25, 0.3) is 0 Å². The van der Waals surface area contributed by atoms with Gasteiger partial charge >= 0.3 is 0 Å². The summed E-state index contributed by atoms with van der Waals surface area (Å²) in [5, 5.41) is 13.2. The summed E-state index contributed by atoms with van der Waals surface area (Å²) in [6.45, 7) is 6.14. The van der Waals surface area contributed by atoms with Crippen molar-refractivity contribution in [1.82, 2.24) is 15.2 Å². The minimum Gasteiger partial charge on any atom is -0.360 e. The van der Waals surface area contributed by atoms with Gasteiger partial charge in [-0.05, 0) is 26.3 Å². The lowest BCUT2D eigenvalue weighted by atomic mass is 10.1. The van der Waals surface area contributed by atoms with E-state index in [-0.39, 0.29) is 11.0 Å². The summed E-state index contributed by atoms with van der Waals surface area (Å²) in [6.07, 6.45) is 2.82. The van der Waals surface area contributed by atoms with E-state index in [9.17, 15) is 4.79 Å². The molecule has 0 saturated heterocycles. The quantitative estimate of drug-likeness (QED) is 0.476. The van der Waals surface area contributed by atoms with Crippen LogP contribution in [0.3, 0.4) is 0 Å². The summed E-state index contributed by atoms with van der Waals surface area (Å²) in [6, 6.07) is 8.21. The monoisotopic (exact) mass is 360 g/mol. The highest BCUT2D eigenvalue weighted by atomic mass is 32.2. The van der Waals surface area contributed by atoms with Crippen molar-refractivity contribution in [3.63, 3.8) is 0 Å². The average Bonchev–Trinajstić information content (AvgIpc) is 3.20. The smallest absolute Gasteiger partial charge is 0.206 e. The molecule has 0 spiro atoms. The molecule has 2 atom stereocenters. The number of hydrogen-bond acceptors (Lipinski definition) is 6. The number of carbonyl (C=O) groups excluding carboxylic acids is 1. The minimum atomic E-state index is -0.214. The van der Waals surface area contributed by atoms with Gasteiger partial charge < -0.3 is 10.3 Å². The Bertz CT molecular complexity index is 842. The van der Waals surface area contributed by atoms with Gasteiger partial charge in [0.2, 0.25) is 5.13 Å². The Balaban J connectivity index is 1.70. The Labute approximate surface area is 149 Å². The van der Waals surface area contributed by atoms with Crippen LogP contribution in [-0.2, 0) is 0 Å². The van der Waals surface area contributed by atoms with E-state index in [0.29, 0.717) is 6.04 Å². The maximum absolute atomic E-state index is 12.8. The first-order valence-electron chi connectivity index (χ1n) is 7.95. The maximum atomic E-state index is 12.8. The number of rotatable bonds is 7. The molecule has 7 heteroatoms. The Morgan fingerprint density at radius 3 is 2.92 bits per heavy atom. The predicted molar refractivity (Wildman–Crippen MR) is 101 cm³/mol. The molecule has 0 aliphatic rings. The fraction of sp³-hybridized carbons (Fsp3) is 0.353. The molecule has 0 bridgehead atoms. The van der Waals surface area contributed by atoms with Crippen LogP contribution in [0.2, 0.25) is 0 Å². The third kappa shape index (κ3) is 3.62. The van der Waals surface area contributed by atoms with Crippen LogP contribution in [0.15, 0.2) is 34.8 Å². The molecule has 3 rings (SSSR count). The number of fused-ring (bicyclic) bond motifs is 1. The normalized spacial score (nSPS) is 13.8. The number of nitrogens with one attached hydrogen (secondary N) is 2. The van der Waals surface area contributed by atoms with E-state index < -0.39 is 0 Å². The number of Topliss-reactive ketones (excluding diaryl/α,β-unsaturated/α-hetero) is 1. The molecule has 0 aliphatic heterocycles. The van der Waals surface area contributed by atoms with Crippen molar-refractivity contribution in [3.8, 4) is 0 Å². The first-order valence-corrected chi connectivity index (χ1v) is 9.65. The van der Waals surface area contributed by atoms with Crippen LogP contribution in [0, 0.1) is 0 Å². The fourth-order valence-corrected chi connectivity index (χ4v) is 4.40. The number of thioether (sulfide) groups is 1. The molecule has 0 aliphatic carbocycles. The van der Waals surface area contributed by atoms with Crippen LogP contribution < -0.4 is 5.32 Å². The number of nitrogens with zero attached hydrogens (tertiary/aromatic N) is 2. The van der Waals surface area contributed by atoms with Crippen molar-refractivity contribution < 1.29 is 4.79 Å². The maximum Gasteiger partial charge on any atom is 0.206 e. The molecular formula is C17H20N4OS2. The van der Waals surface area contributed by atoms with E-state index in [1.54, 1.807) is 6.20 Å². The number of anilines is 1. The van der Waals surface area contributed by atoms with Crippen molar-refractivity contribution in [3.05, 3.63) is 36.0 Å². The topological polar surface area (TPSA) is 70.7 Å². The molecule has 2 N–H and O–H groups in total. The van der Waals surface area contributed by atoms with Gasteiger partial charge in [0.05, 0.1) is 5.25 Å².